The van der Waals surface area contributed by atoms with Gasteiger partial charge in [-0.1, -0.05) is 18.5 Å². The van der Waals surface area contributed by atoms with Gasteiger partial charge in [0, 0.05) is 12.2 Å². The second kappa shape index (κ2) is 3.69. The van der Waals surface area contributed by atoms with E-state index >= 15 is 0 Å². The number of rotatable bonds is 2. The Morgan fingerprint density at radius 2 is 2.45 bits per heavy atom. The lowest BCUT2D eigenvalue weighted by Crippen LogP contribution is -2.08. The van der Waals surface area contributed by atoms with E-state index in [9.17, 15) is 0 Å². The molecule has 0 aliphatic rings. The van der Waals surface area contributed by atoms with Gasteiger partial charge in [-0.05, 0) is 24.1 Å². The number of halogens is 1. The van der Waals surface area contributed by atoms with Crippen LogP contribution in [0.3, 0.4) is 0 Å². The van der Waals surface area contributed by atoms with E-state index in [-0.39, 0.29) is 6.04 Å². The lowest BCUT2D eigenvalue weighted by Gasteiger charge is -2.07. The topological polar surface area (TPSA) is 38.9 Å². The van der Waals surface area contributed by atoms with Crippen LogP contribution in [0, 0.1) is 0 Å². The molecule has 0 unspecified atom stereocenters. The molecule has 2 N–H and O–H groups in total. The SMILES string of the molecule is CC[C@@H](N)c1ccnc(Cl)c1. The quantitative estimate of drug-likeness (QED) is 0.691. The molecule has 2 nitrogen and oxygen atoms in total. The van der Waals surface area contributed by atoms with Gasteiger partial charge in [-0.2, -0.15) is 0 Å². The van der Waals surface area contributed by atoms with Crippen molar-refractivity contribution in [3.05, 3.63) is 29.0 Å². The minimum Gasteiger partial charge on any atom is -0.324 e. The van der Waals surface area contributed by atoms with E-state index in [4.69, 9.17) is 17.3 Å². The number of hydrogen-bond donors (Lipinski definition) is 1. The van der Waals surface area contributed by atoms with Crippen molar-refractivity contribution >= 4 is 11.6 Å². The van der Waals surface area contributed by atoms with Crippen LogP contribution in [-0.4, -0.2) is 4.98 Å². The van der Waals surface area contributed by atoms with Gasteiger partial charge in [0.25, 0.3) is 0 Å². The predicted molar refractivity (Wildman–Crippen MR) is 46.5 cm³/mol. The molecule has 1 rings (SSSR count). The van der Waals surface area contributed by atoms with Crippen molar-refractivity contribution in [1.29, 1.82) is 0 Å². The maximum atomic E-state index is 5.78. The van der Waals surface area contributed by atoms with Crippen LogP contribution in [0.5, 0.6) is 0 Å². The first-order chi connectivity index (χ1) is 5.24. The Morgan fingerprint density at radius 1 is 1.73 bits per heavy atom. The summed E-state index contributed by atoms with van der Waals surface area (Å²) in [4.78, 5) is 3.87. The molecular formula is C8H11ClN2. The van der Waals surface area contributed by atoms with Gasteiger partial charge in [0.15, 0.2) is 0 Å². The molecule has 0 spiro atoms. The highest BCUT2D eigenvalue weighted by molar-refractivity contribution is 6.29. The van der Waals surface area contributed by atoms with E-state index in [0.717, 1.165) is 12.0 Å². The van der Waals surface area contributed by atoms with Crippen LogP contribution < -0.4 is 5.73 Å². The van der Waals surface area contributed by atoms with Crippen LogP contribution >= 0.6 is 11.6 Å². The van der Waals surface area contributed by atoms with Gasteiger partial charge >= 0.3 is 0 Å². The molecule has 0 amide bonds. The largest absolute Gasteiger partial charge is 0.324 e. The molecule has 1 aromatic heterocycles. The molecule has 0 aromatic carbocycles. The Hall–Kier alpha value is -0.600. The molecule has 0 saturated heterocycles. The fourth-order valence-corrected chi connectivity index (χ4v) is 1.07. The Morgan fingerprint density at radius 3 is 3.00 bits per heavy atom. The first-order valence-electron chi connectivity index (χ1n) is 3.61. The molecule has 0 fully saturated rings. The van der Waals surface area contributed by atoms with Crippen LogP contribution in [0.1, 0.15) is 24.9 Å². The Balaban J connectivity index is 2.86. The fourth-order valence-electron chi connectivity index (χ4n) is 0.884. The molecule has 0 aliphatic carbocycles. The van der Waals surface area contributed by atoms with E-state index in [1.54, 1.807) is 12.3 Å². The molecule has 0 saturated carbocycles. The summed E-state index contributed by atoms with van der Waals surface area (Å²) in [5.41, 5.74) is 6.83. The fraction of sp³-hybridized carbons (Fsp3) is 0.375. The third-order valence-corrected chi connectivity index (χ3v) is 1.83. The van der Waals surface area contributed by atoms with Gasteiger partial charge in [0.2, 0.25) is 0 Å². The lowest BCUT2D eigenvalue weighted by atomic mass is 10.1. The second-order valence-corrected chi connectivity index (χ2v) is 2.81. The molecule has 0 radical (unpaired) electrons. The number of nitrogens with two attached hydrogens (primary N) is 1. The first kappa shape index (κ1) is 8.50. The van der Waals surface area contributed by atoms with Gasteiger partial charge in [-0.3, -0.25) is 0 Å². The van der Waals surface area contributed by atoms with Crippen LogP contribution in [-0.2, 0) is 0 Å². The molecule has 1 heterocycles. The molecule has 0 bridgehead atoms. The number of hydrogen-bond acceptors (Lipinski definition) is 2. The lowest BCUT2D eigenvalue weighted by molar-refractivity contribution is 0.697. The standard InChI is InChI=1S/C8H11ClN2/c1-2-7(10)6-3-4-11-8(9)5-6/h3-5,7H,2,10H2,1H3/t7-/m1/s1. The molecule has 1 aromatic rings. The van der Waals surface area contributed by atoms with E-state index in [1.165, 1.54) is 0 Å². The minimum absolute atomic E-state index is 0.0792. The van der Waals surface area contributed by atoms with Crippen molar-refractivity contribution in [1.82, 2.24) is 4.98 Å². The number of pyridine rings is 1. The maximum absolute atomic E-state index is 5.78. The zero-order valence-corrected chi connectivity index (χ0v) is 7.17. The zero-order valence-electron chi connectivity index (χ0n) is 6.42. The third-order valence-electron chi connectivity index (χ3n) is 1.62. The average Bonchev–Trinajstić information content (AvgIpc) is 2.03. The summed E-state index contributed by atoms with van der Waals surface area (Å²) in [7, 11) is 0. The summed E-state index contributed by atoms with van der Waals surface area (Å²) in [6.07, 6.45) is 2.59. The van der Waals surface area contributed by atoms with E-state index in [1.807, 2.05) is 13.0 Å². The third kappa shape index (κ3) is 2.17. The summed E-state index contributed by atoms with van der Waals surface area (Å²) in [5, 5.41) is 0.506. The van der Waals surface area contributed by atoms with Crippen molar-refractivity contribution in [2.24, 2.45) is 5.73 Å². The Bertz CT molecular complexity index is 237. The van der Waals surface area contributed by atoms with Crippen molar-refractivity contribution in [3.8, 4) is 0 Å². The summed E-state index contributed by atoms with van der Waals surface area (Å²) in [6.45, 7) is 2.04. The zero-order chi connectivity index (χ0) is 8.27. The van der Waals surface area contributed by atoms with E-state index in [2.05, 4.69) is 4.98 Å². The van der Waals surface area contributed by atoms with Gasteiger partial charge in [0.05, 0.1) is 0 Å². The van der Waals surface area contributed by atoms with Crippen molar-refractivity contribution < 1.29 is 0 Å². The normalized spacial score (nSPS) is 13.0. The van der Waals surface area contributed by atoms with E-state index in [0.29, 0.717) is 5.15 Å². The predicted octanol–water partition coefficient (Wildman–Crippen LogP) is 2.14. The molecule has 0 aliphatic heterocycles. The highest BCUT2D eigenvalue weighted by Gasteiger charge is 2.02. The van der Waals surface area contributed by atoms with Crippen LogP contribution in [0.4, 0.5) is 0 Å². The van der Waals surface area contributed by atoms with Gasteiger partial charge < -0.3 is 5.73 Å². The van der Waals surface area contributed by atoms with Gasteiger partial charge in [-0.25, -0.2) is 4.98 Å². The number of nitrogens with zero attached hydrogens (tertiary/aromatic N) is 1. The molecule has 60 valence electrons. The summed E-state index contributed by atoms with van der Waals surface area (Å²) in [5.74, 6) is 0. The average molecular weight is 171 g/mol. The summed E-state index contributed by atoms with van der Waals surface area (Å²) in [6, 6.07) is 3.77. The van der Waals surface area contributed by atoms with Crippen LogP contribution in [0.2, 0.25) is 5.15 Å². The van der Waals surface area contributed by atoms with Crippen molar-refractivity contribution in [3.63, 3.8) is 0 Å². The summed E-state index contributed by atoms with van der Waals surface area (Å²) >= 11 is 5.68. The second-order valence-electron chi connectivity index (χ2n) is 2.43. The molecular weight excluding hydrogens is 160 g/mol. The Kier molecular flexibility index (Phi) is 2.85. The maximum Gasteiger partial charge on any atom is 0.129 e. The van der Waals surface area contributed by atoms with E-state index < -0.39 is 0 Å². The molecule has 1 atom stereocenters. The Labute approximate surface area is 71.4 Å². The van der Waals surface area contributed by atoms with Crippen molar-refractivity contribution in [2.75, 3.05) is 0 Å². The molecule has 11 heavy (non-hydrogen) atoms. The van der Waals surface area contributed by atoms with Crippen LogP contribution in [0.15, 0.2) is 18.3 Å². The minimum atomic E-state index is 0.0792. The highest BCUT2D eigenvalue weighted by atomic mass is 35.5. The van der Waals surface area contributed by atoms with Crippen LogP contribution in [0.25, 0.3) is 0 Å². The van der Waals surface area contributed by atoms with Gasteiger partial charge in [0.1, 0.15) is 5.15 Å². The number of aromatic nitrogens is 1. The smallest absolute Gasteiger partial charge is 0.129 e. The monoisotopic (exact) mass is 170 g/mol. The van der Waals surface area contributed by atoms with Crippen molar-refractivity contribution in [2.45, 2.75) is 19.4 Å². The van der Waals surface area contributed by atoms with Gasteiger partial charge in [-0.15, -0.1) is 0 Å². The first-order valence-corrected chi connectivity index (χ1v) is 3.99. The molecule has 3 heteroatoms. The summed E-state index contributed by atoms with van der Waals surface area (Å²) < 4.78 is 0. The highest BCUT2D eigenvalue weighted by Crippen LogP contribution is 2.15.